The normalized spacial score (nSPS) is 15.6. The van der Waals surface area contributed by atoms with Crippen LogP contribution in [-0.4, -0.2) is 41.1 Å². The molecule has 0 N–H and O–H groups in total. The number of rotatable bonds is 7. The molecule has 0 bridgehead atoms. The third-order valence-corrected chi connectivity index (χ3v) is 6.65. The van der Waals surface area contributed by atoms with Crippen molar-refractivity contribution in [3.8, 4) is 5.75 Å². The van der Waals surface area contributed by atoms with Gasteiger partial charge in [-0.2, -0.15) is 0 Å². The van der Waals surface area contributed by atoms with E-state index in [0.29, 0.717) is 18.7 Å². The number of amides is 2. The molecule has 3 aromatic carbocycles. The Morgan fingerprint density at radius 2 is 1.81 bits per heavy atom. The number of hydrogen-bond donors (Lipinski definition) is 0. The van der Waals surface area contributed by atoms with Gasteiger partial charge in [0.15, 0.2) is 0 Å². The zero-order chi connectivity index (χ0) is 25.2. The van der Waals surface area contributed by atoms with Crippen LogP contribution in [-0.2, 0) is 16.1 Å². The number of anilines is 2. The molecule has 1 unspecified atom stereocenters. The molecule has 0 aliphatic carbocycles. The van der Waals surface area contributed by atoms with Gasteiger partial charge in [-0.05, 0) is 50.2 Å². The summed E-state index contributed by atoms with van der Waals surface area (Å²) in [5.41, 5.74) is 3.38. The summed E-state index contributed by atoms with van der Waals surface area (Å²) in [6.07, 6.45) is 0.335. The minimum Gasteiger partial charge on any atom is -0.497 e. The molecule has 4 aromatic rings. The third-order valence-electron chi connectivity index (χ3n) is 6.65. The molecule has 1 saturated heterocycles. The average Bonchev–Trinajstić information content (AvgIpc) is 3.45. The van der Waals surface area contributed by atoms with Gasteiger partial charge in [0.2, 0.25) is 11.8 Å². The summed E-state index contributed by atoms with van der Waals surface area (Å²) in [4.78, 5) is 35.2. The van der Waals surface area contributed by atoms with E-state index in [0.717, 1.165) is 28.2 Å². The van der Waals surface area contributed by atoms with Gasteiger partial charge in [0.25, 0.3) is 0 Å². The highest BCUT2D eigenvalue weighted by Crippen LogP contribution is 2.34. The molecule has 0 saturated carbocycles. The van der Waals surface area contributed by atoms with E-state index < -0.39 is 0 Å². The van der Waals surface area contributed by atoms with Crippen LogP contribution in [0.25, 0.3) is 11.0 Å². The number of carbonyl (C=O) groups is 2. The van der Waals surface area contributed by atoms with Gasteiger partial charge in [-0.3, -0.25) is 9.59 Å². The van der Waals surface area contributed by atoms with Crippen LogP contribution in [0.1, 0.15) is 32.0 Å². The van der Waals surface area contributed by atoms with Crippen LogP contribution in [0.2, 0.25) is 0 Å². The van der Waals surface area contributed by atoms with Gasteiger partial charge in [-0.1, -0.05) is 36.4 Å². The van der Waals surface area contributed by atoms with E-state index in [1.165, 1.54) is 0 Å². The second kappa shape index (κ2) is 9.85. The van der Waals surface area contributed by atoms with E-state index in [-0.39, 0.29) is 30.3 Å². The predicted molar refractivity (Wildman–Crippen MR) is 142 cm³/mol. The fourth-order valence-corrected chi connectivity index (χ4v) is 5.01. The zero-order valence-corrected chi connectivity index (χ0v) is 20.8. The number of imidazole rings is 1. The Hall–Kier alpha value is -4.13. The zero-order valence-electron chi connectivity index (χ0n) is 20.8. The number of carbonyl (C=O) groups excluding carboxylic acids is 2. The number of ether oxygens (including phenoxy) is 1. The summed E-state index contributed by atoms with van der Waals surface area (Å²) in [5.74, 6) is 1.35. The summed E-state index contributed by atoms with van der Waals surface area (Å²) in [6, 6.07) is 25.1. The molecule has 1 atom stereocenters. The highest BCUT2D eigenvalue weighted by molar-refractivity contribution is 5.97. The number of benzene rings is 3. The molecular formula is C29H30N4O3. The molecule has 1 aromatic heterocycles. The standard InChI is InChI=1S/C29H30N4O3/c1-20(2)33(22-10-5-4-6-11-22)28(35)19-32-26-15-8-7-14-25(26)30-29(32)21-16-27(34)31(18-21)23-12-9-13-24(17-23)36-3/h4-15,17,20-21H,16,18-19H2,1-3H3. The highest BCUT2D eigenvalue weighted by atomic mass is 16.5. The predicted octanol–water partition coefficient (Wildman–Crippen LogP) is 5.01. The van der Waals surface area contributed by atoms with Crippen molar-refractivity contribution in [1.29, 1.82) is 0 Å². The van der Waals surface area contributed by atoms with Gasteiger partial charge in [-0.25, -0.2) is 4.98 Å². The lowest BCUT2D eigenvalue weighted by Crippen LogP contribution is -2.39. The Labute approximate surface area is 210 Å². The molecule has 2 amide bonds. The van der Waals surface area contributed by atoms with Crippen molar-refractivity contribution >= 4 is 34.2 Å². The van der Waals surface area contributed by atoms with Crippen molar-refractivity contribution in [2.45, 2.75) is 38.8 Å². The van der Waals surface area contributed by atoms with E-state index in [1.807, 2.05) is 102 Å². The van der Waals surface area contributed by atoms with Crippen LogP contribution in [0, 0.1) is 0 Å². The molecule has 1 aliphatic rings. The number of methoxy groups -OCH3 is 1. The monoisotopic (exact) mass is 482 g/mol. The van der Waals surface area contributed by atoms with Gasteiger partial charge >= 0.3 is 0 Å². The first-order valence-electron chi connectivity index (χ1n) is 12.2. The largest absolute Gasteiger partial charge is 0.497 e. The number of hydrogen-bond acceptors (Lipinski definition) is 4. The van der Waals surface area contributed by atoms with Gasteiger partial charge in [0.05, 0.1) is 18.1 Å². The minimum atomic E-state index is -0.131. The maximum Gasteiger partial charge on any atom is 0.247 e. The van der Waals surface area contributed by atoms with Crippen LogP contribution >= 0.6 is 0 Å². The van der Waals surface area contributed by atoms with Crippen molar-refractivity contribution in [3.05, 3.63) is 84.7 Å². The average molecular weight is 483 g/mol. The number of fused-ring (bicyclic) bond motifs is 1. The first kappa shape index (κ1) is 23.6. The molecule has 36 heavy (non-hydrogen) atoms. The Balaban J connectivity index is 1.49. The molecule has 7 nitrogen and oxygen atoms in total. The topological polar surface area (TPSA) is 67.7 Å². The van der Waals surface area contributed by atoms with Crippen LogP contribution < -0.4 is 14.5 Å². The van der Waals surface area contributed by atoms with Crippen molar-refractivity contribution in [2.75, 3.05) is 23.5 Å². The van der Waals surface area contributed by atoms with Crippen LogP contribution in [0.5, 0.6) is 5.75 Å². The molecular weight excluding hydrogens is 452 g/mol. The molecule has 5 rings (SSSR count). The quantitative estimate of drug-likeness (QED) is 0.372. The van der Waals surface area contributed by atoms with Crippen molar-refractivity contribution in [2.24, 2.45) is 0 Å². The highest BCUT2D eigenvalue weighted by Gasteiger charge is 2.35. The molecule has 1 fully saturated rings. The minimum absolute atomic E-state index is 0.00486. The Bertz CT molecular complexity index is 1400. The van der Waals surface area contributed by atoms with E-state index in [2.05, 4.69) is 0 Å². The van der Waals surface area contributed by atoms with Crippen molar-refractivity contribution < 1.29 is 14.3 Å². The van der Waals surface area contributed by atoms with Crippen molar-refractivity contribution in [3.63, 3.8) is 0 Å². The van der Waals surface area contributed by atoms with E-state index in [9.17, 15) is 9.59 Å². The van der Waals surface area contributed by atoms with E-state index >= 15 is 0 Å². The molecule has 7 heteroatoms. The second-order valence-electron chi connectivity index (χ2n) is 9.34. The molecule has 184 valence electrons. The summed E-state index contributed by atoms with van der Waals surface area (Å²) in [7, 11) is 1.61. The maximum absolute atomic E-state index is 13.7. The van der Waals surface area contributed by atoms with Crippen LogP contribution in [0.15, 0.2) is 78.9 Å². The molecule has 2 heterocycles. The van der Waals surface area contributed by atoms with Crippen LogP contribution in [0.3, 0.4) is 0 Å². The summed E-state index contributed by atoms with van der Waals surface area (Å²) < 4.78 is 7.33. The van der Waals surface area contributed by atoms with Gasteiger partial charge in [0, 0.05) is 42.4 Å². The summed E-state index contributed by atoms with van der Waals surface area (Å²) in [5, 5.41) is 0. The van der Waals surface area contributed by atoms with Crippen LogP contribution in [0.4, 0.5) is 11.4 Å². The van der Waals surface area contributed by atoms with Gasteiger partial charge in [-0.15, -0.1) is 0 Å². The lowest BCUT2D eigenvalue weighted by atomic mass is 10.1. The van der Waals surface area contributed by atoms with Gasteiger partial charge < -0.3 is 19.1 Å². The number of para-hydroxylation sites is 3. The smallest absolute Gasteiger partial charge is 0.247 e. The second-order valence-corrected chi connectivity index (χ2v) is 9.34. The fraction of sp³-hybridized carbons (Fsp3) is 0.276. The first-order chi connectivity index (χ1) is 17.5. The molecule has 1 aliphatic heterocycles. The number of nitrogens with zero attached hydrogens (tertiary/aromatic N) is 4. The summed E-state index contributed by atoms with van der Waals surface area (Å²) >= 11 is 0. The third kappa shape index (κ3) is 4.44. The van der Waals surface area contributed by atoms with Crippen molar-refractivity contribution in [1.82, 2.24) is 9.55 Å². The lowest BCUT2D eigenvalue weighted by molar-refractivity contribution is -0.119. The Kier molecular flexibility index (Phi) is 6.46. The fourth-order valence-electron chi connectivity index (χ4n) is 5.01. The molecule has 0 radical (unpaired) electrons. The maximum atomic E-state index is 13.7. The summed E-state index contributed by atoms with van der Waals surface area (Å²) in [6.45, 7) is 4.67. The van der Waals surface area contributed by atoms with E-state index in [4.69, 9.17) is 9.72 Å². The molecule has 0 spiro atoms. The van der Waals surface area contributed by atoms with E-state index in [1.54, 1.807) is 12.0 Å². The Morgan fingerprint density at radius 1 is 1.06 bits per heavy atom. The first-order valence-corrected chi connectivity index (χ1v) is 12.2. The SMILES string of the molecule is COc1cccc(N2CC(c3nc4ccccc4n3CC(=O)N(c3ccccc3)C(C)C)CC2=O)c1. The number of aromatic nitrogens is 2. The van der Waals surface area contributed by atoms with Gasteiger partial charge in [0.1, 0.15) is 18.1 Å². The Morgan fingerprint density at radius 3 is 2.56 bits per heavy atom. The lowest BCUT2D eigenvalue weighted by Gasteiger charge is -2.27.